The number of benzene rings is 3. The molecule has 0 bridgehead atoms. The van der Waals surface area contributed by atoms with Crippen LogP contribution in [0.1, 0.15) is 23.6 Å². The molecule has 3 rings (SSSR count). The van der Waals surface area contributed by atoms with Crippen molar-refractivity contribution in [2.75, 3.05) is 13.2 Å². The van der Waals surface area contributed by atoms with Crippen molar-refractivity contribution >= 4 is 23.7 Å². The minimum absolute atomic E-state index is 0.146. The molecule has 34 heavy (non-hydrogen) atoms. The van der Waals surface area contributed by atoms with E-state index in [1.807, 2.05) is 67.6 Å². The van der Waals surface area contributed by atoms with Gasteiger partial charge < -0.3 is 14.2 Å². The van der Waals surface area contributed by atoms with Crippen molar-refractivity contribution in [2.45, 2.75) is 20.0 Å². The molecule has 0 aromatic heterocycles. The maximum Gasteiger partial charge on any atom is 0.277 e. The Balaban J connectivity index is 1.55. The lowest BCUT2D eigenvalue weighted by molar-refractivity contribution is -0.123. The number of halogens is 1. The van der Waals surface area contributed by atoms with E-state index in [1.54, 1.807) is 12.1 Å². The zero-order chi connectivity index (χ0) is 24.2. The van der Waals surface area contributed by atoms with E-state index in [0.29, 0.717) is 41.9 Å². The Labute approximate surface area is 204 Å². The number of hydrogen-bond donors (Lipinski definition) is 1. The second-order valence-electron chi connectivity index (χ2n) is 7.24. The molecule has 0 aliphatic rings. The topological polar surface area (TPSA) is 69.2 Å². The molecule has 1 N–H and O–H groups in total. The van der Waals surface area contributed by atoms with E-state index >= 15 is 0 Å². The molecule has 0 fully saturated rings. The molecule has 3 aromatic rings. The van der Waals surface area contributed by atoms with Crippen molar-refractivity contribution in [1.29, 1.82) is 0 Å². The second kappa shape index (κ2) is 13.1. The number of amides is 1. The number of carbonyl (C=O) groups excluding carboxylic acids is 1. The summed E-state index contributed by atoms with van der Waals surface area (Å²) in [4.78, 5) is 12.1. The molecule has 0 saturated heterocycles. The molecular formula is C27H27ClN2O4. The quantitative estimate of drug-likeness (QED) is 0.210. The van der Waals surface area contributed by atoms with Gasteiger partial charge in [-0.15, -0.1) is 6.58 Å². The molecule has 0 aliphatic heterocycles. The van der Waals surface area contributed by atoms with Gasteiger partial charge in [-0.25, -0.2) is 5.43 Å². The highest BCUT2D eigenvalue weighted by Gasteiger charge is 2.08. The normalized spacial score (nSPS) is 10.6. The molecule has 0 unspecified atom stereocenters. The summed E-state index contributed by atoms with van der Waals surface area (Å²) in [7, 11) is 0. The fourth-order valence-electron chi connectivity index (χ4n) is 3.06. The van der Waals surface area contributed by atoms with Crippen LogP contribution in [-0.4, -0.2) is 25.3 Å². The van der Waals surface area contributed by atoms with Crippen LogP contribution in [0.15, 0.2) is 84.5 Å². The first-order valence-corrected chi connectivity index (χ1v) is 11.2. The van der Waals surface area contributed by atoms with Crippen molar-refractivity contribution in [1.82, 2.24) is 5.43 Å². The first-order chi connectivity index (χ1) is 16.6. The zero-order valence-electron chi connectivity index (χ0n) is 19.0. The van der Waals surface area contributed by atoms with E-state index in [2.05, 4.69) is 17.1 Å². The minimum Gasteiger partial charge on any atom is -0.490 e. The van der Waals surface area contributed by atoms with E-state index in [-0.39, 0.29) is 12.5 Å². The Morgan fingerprint density at radius 3 is 2.56 bits per heavy atom. The van der Waals surface area contributed by atoms with Crippen molar-refractivity contribution < 1.29 is 19.0 Å². The summed E-state index contributed by atoms with van der Waals surface area (Å²) in [6.45, 7) is 6.36. The smallest absolute Gasteiger partial charge is 0.277 e. The van der Waals surface area contributed by atoms with Crippen LogP contribution in [0.5, 0.6) is 17.2 Å². The number of nitrogens with one attached hydrogen (secondary N) is 1. The third-order valence-electron chi connectivity index (χ3n) is 4.67. The summed E-state index contributed by atoms with van der Waals surface area (Å²) >= 11 is 5.93. The van der Waals surface area contributed by atoms with Gasteiger partial charge in [-0.05, 0) is 66.4 Å². The molecule has 0 heterocycles. The largest absolute Gasteiger partial charge is 0.490 e. The number of hydrogen-bond acceptors (Lipinski definition) is 5. The van der Waals surface area contributed by atoms with Crippen LogP contribution in [0.3, 0.4) is 0 Å². The molecule has 0 aliphatic carbocycles. The van der Waals surface area contributed by atoms with E-state index < -0.39 is 0 Å². The van der Waals surface area contributed by atoms with Gasteiger partial charge in [0.2, 0.25) is 0 Å². The summed E-state index contributed by atoms with van der Waals surface area (Å²) in [5.41, 5.74) is 5.19. The highest BCUT2D eigenvalue weighted by molar-refractivity contribution is 6.30. The molecule has 1 amide bonds. The van der Waals surface area contributed by atoms with Gasteiger partial charge in [-0.2, -0.15) is 5.10 Å². The van der Waals surface area contributed by atoms with Gasteiger partial charge >= 0.3 is 0 Å². The lowest BCUT2D eigenvalue weighted by Gasteiger charge is -2.12. The van der Waals surface area contributed by atoms with E-state index in [4.69, 9.17) is 25.8 Å². The molecule has 3 aromatic carbocycles. The fourth-order valence-corrected chi connectivity index (χ4v) is 3.18. The van der Waals surface area contributed by atoms with Crippen LogP contribution in [0.2, 0.25) is 5.02 Å². The number of nitrogens with zero attached hydrogens (tertiary/aromatic N) is 1. The zero-order valence-corrected chi connectivity index (χ0v) is 19.8. The maximum absolute atomic E-state index is 12.1. The molecule has 6 nitrogen and oxygen atoms in total. The number of carbonyl (C=O) groups is 1. The van der Waals surface area contributed by atoms with Crippen LogP contribution in [0.4, 0.5) is 0 Å². The van der Waals surface area contributed by atoms with Crippen molar-refractivity contribution in [3.8, 4) is 17.2 Å². The molecule has 7 heteroatoms. The summed E-state index contributed by atoms with van der Waals surface area (Å²) in [5.74, 6) is 1.49. The molecule has 0 atom stereocenters. The predicted octanol–water partition coefficient (Wildman–Crippen LogP) is 5.58. The molecular weight excluding hydrogens is 452 g/mol. The summed E-state index contributed by atoms with van der Waals surface area (Å²) in [6.07, 6.45) is 3.99. The van der Waals surface area contributed by atoms with E-state index in [1.165, 1.54) is 6.21 Å². The Morgan fingerprint density at radius 2 is 1.79 bits per heavy atom. The highest BCUT2D eigenvalue weighted by Crippen LogP contribution is 2.29. The highest BCUT2D eigenvalue weighted by atomic mass is 35.5. The Morgan fingerprint density at radius 1 is 1.00 bits per heavy atom. The SMILES string of the molecule is C=CCc1ccccc1OCC(=O)N/N=C/c1ccc(OCc2ccc(Cl)cc2)c(OCC)c1. The molecule has 0 spiro atoms. The number of allylic oxidation sites excluding steroid dienone is 1. The number of ether oxygens (including phenoxy) is 3. The van der Waals surface area contributed by atoms with Crippen molar-refractivity contribution in [3.63, 3.8) is 0 Å². The fraction of sp³-hybridized carbons (Fsp3) is 0.185. The predicted molar refractivity (Wildman–Crippen MR) is 135 cm³/mol. The average molecular weight is 479 g/mol. The Bertz CT molecular complexity index is 1130. The van der Waals surface area contributed by atoms with E-state index in [9.17, 15) is 4.79 Å². The lowest BCUT2D eigenvalue weighted by atomic mass is 10.1. The van der Waals surface area contributed by atoms with Gasteiger partial charge in [0, 0.05) is 5.02 Å². The van der Waals surface area contributed by atoms with Crippen LogP contribution in [0, 0.1) is 0 Å². The van der Waals surface area contributed by atoms with Crippen molar-refractivity contribution in [2.24, 2.45) is 5.10 Å². The van der Waals surface area contributed by atoms with E-state index in [0.717, 1.165) is 16.7 Å². The monoisotopic (exact) mass is 478 g/mol. The van der Waals surface area contributed by atoms with Gasteiger partial charge in [0.25, 0.3) is 5.91 Å². The van der Waals surface area contributed by atoms with Gasteiger partial charge in [0.1, 0.15) is 12.4 Å². The van der Waals surface area contributed by atoms with Gasteiger partial charge in [0.15, 0.2) is 18.1 Å². The molecule has 0 saturated carbocycles. The van der Waals surface area contributed by atoms with Gasteiger partial charge in [-0.1, -0.05) is 48.0 Å². The summed E-state index contributed by atoms with van der Waals surface area (Å²) in [6, 6.07) is 20.4. The van der Waals surface area contributed by atoms with Crippen LogP contribution >= 0.6 is 11.6 Å². The third-order valence-corrected chi connectivity index (χ3v) is 4.93. The van der Waals surface area contributed by atoms with Gasteiger partial charge in [0.05, 0.1) is 12.8 Å². The molecule has 176 valence electrons. The lowest BCUT2D eigenvalue weighted by Crippen LogP contribution is -2.24. The van der Waals surface area contributed by atoms with Crippen LogP contribution in [0.25, 0.3) is 0 Å². The third kappa shape index (κ3) is 7.67. The maximum atomic E-state index is 12.1. The second-order valence-corrected chi connectivity index (χ2v) is 7.67. The first kappa shape index (κ1) is 24.9. The van der Waals surface area contributed by atoms with Gasteiger partial charge in [-0.3, -0.25) is 4.79 Å². The Hall–Kier alpha value is -3.77. The van der Waals surface area contributed by atoms with Crippen molar-refractivity contribution in [3.05, 3.63) is 101 Å². The number of hydrazone groups is 1. The molecule has 0 radical (unpaired) electrons. The minimum atomic E-state index is -0.363. The summed E-state index contributed by atoms with van der Waals surface area (Å²) < 4.78 is 17.2. The average Bonchev–Trinajstić information content (AvgIpc) is 2.84. The van der Waals surface area contributed by atoms with Crippen LogP contribution in [-0.2, 0) is 17.8 Å². The van der Waals surface area contributed by atoms with Crippen LogP contribution < -0.4 is 19.6 Å². The standard InChI is InChI=1S/C27H27ClN2O4/c1-3-7-22-8-5-6-9-24(22)34-19-27(31)30-29-17-21-12-15-25(26(16-21)32-4-2)33-18-20-10-13-23(28)14-11-20/h3,5-6,8-17H,1,4,7,18-19H2,2H3,(H,30,31)/b29-17+. The Kier molecular flexibility index (Phi) is 9.55. The summed E-state index contributed by atoms with van der Waals surface area (Å²) in [5, 5.41) is 4.69. The number of rotatable bonds is 12. The first-order valence-electron chi connectivity index (χ1n) is 10.9. The number of para-hydroxylation sites is 1.